The summed E-state index contributed by atoms with van der Waals surface area (Å²) in [5.41, 5.74) is 3.59. The van der Waals surface area contributed by atoms with E-state index in [2.05, 4.69) is 30.3 Å². The largest absolute Gasteiger partial charge is 0.326 e. The number of rotatable bonds is 1. The average Bonchev–Trinajstić information content (AvgIpc) is 2.90. The van der Waals surface area contributed by atoms with Gasteiger partial charge in [-0.25, -0.2) is 9.18 Å². The van der Waals surface area contributed by atoms with Gasteiger partial charge in [0.2, 0.25) is 0 Å². The van der Waals surface area contributed by atoms with Gasteiger partial charge < -0.3 is 10.2 Å². The molecule has 25 heavy (non-hydrogen) atoms. The molecule has 0 saturated carbocycles. The summed E-state index contributed by atoms with van der Waals surface area (Å²) in [5, 5.41) is 2.75. The number of hydrogen-bond acceptors (Lipinski definition) is 2. The number of likely N-dealkylation sites (tertiary alicyclic amines) is 1. The number of likely N-dealkylation sites (N-methyl/N-ethyl adjacent to an activating group) is 1. The molecule has 0 radical (unpaired) electrons. The Morgan fingerprint density at radius 2 is 2.04 bits per heavy atom. The zero-order valence-corrected chi connectivity index (χ0v) is 14.5. The average molecular weight is 339 g/mol. The minimum atomic E-state index is -0.417. The topological polar surface area (TPSA) is 35.6 Å². The van der Waals surface area contributed by atoms with E-state index in [1.807, 2.05) is 17.0 Å². The van der Waals surface area contributed by atoms with E-state index in [0.717, 1.165) is 25.2 Å². The predicted octanol–water partition coefficient (Wildman–Crippen LogP) is 3.97. The predicted molar refractivity (Wildman–Crippen MR) is 97.7 cm³/mol. The highest BCUT2D eigenvalue weighted by atomic mass is 19.1. The smallest absolute Gasteiger partial charge is 0.306 e. The molecule has 5 heteroatoms. The van der Waals surface area contributed by atoms with E-state index in [-0.39, 0.29) is 17.8 Å². The number of benzene rings is 2. The lowest BCUT2D eigenvalue weighted by Crippen LogP contribution is -2.48. The Morgan fingerprint density at radius 1 is 1.24 bits per heavy atom. The molecule has 0 unspecified atom stereocenters. The second-order valence-corrected chi connectivity index (χ2v) is 7.07. The quantitative estimate of drug-likeness (QED) is 0.853. The van der Waals surface area contributed by atoms with E-state index < -0.39 is 5.82 Å². The zero-order valence-electron chi connectivity index (χ0n) is 14.5. The van der Waals surface area contributed by atoms with Crippen LogP contribution < -0.4 is 10.2 Å². The number of para-hydroxylation sites is 1. The minimum absolute atomic E-state index is 0.125. The number of nitrogens with one attached hydrogen (secondary N) is 1. The molecule has 2 amide bonds. The highest BCUT2D eigenvalue weighted by molar-refractivity contribution is 6.04. The van der Waals surface area contributed by atoms with Gasteiger partial charge in [0.1, 0.15) is 5.82 Å². The van der Waals surface area contributed by atoms with Crippen LogP contribution in [0.1, 0.15) is 23.5 Å². The van der Waals surface area contributed by atoms with Crippen molar-refractivity contribution in [1.82, 2.24) is 4.90 Å². The first-order valence-electron chi connectivity index (χ1n) is 8.68. The Morgan fingerprint density at radius 3 is 2.84 bits per heavy atom. The molecule has 0 bridgehead atoms. The van der Waals surface area contributed by atoms with Gasteiger partial charge in [-0.05, 0) is 50.7 Å². The van der Waals surface area contributed by atoms with Crippen LogP contribution in [0.5, 0.6) is 0 Å². The van der Waals surface area contributed by atoms with E-state index >= 15 is 0 Å². The van der Waals surface area contributed by atoms with Gasteiger partial charge >= 0.3 is 6.03 Å². The number of amides is 2. The van der Waals surface area contributed by atoms with E-state index in [4.69, 9.17) is 0 Å². The highest BCUT2D eigenvalue weighted by Crippen LogP contribution is 2.45. The normalized spacial score (nSPS) is 22.4. The summed E-state index contributed by atoms with van der Waals surface area (Å²) in [4.78, 5) is 17.1. The lowest BCUT2D eigenvalue weighted by molar-refractivity contribution is 0.224. The van der Waals surface area contributed by atoms with Crippen LogP contribution in [0.4, 0.5) is 20.6 Å². The van der Waals surface area contributed by atoms with Crippen LogP contribution in [0.15, 0.2) is 42.5 Å². The maximum Gasteiger partial charge on any atom is 0.326 e. The molecule has 2 heterocycles. The third kappa shape index (κ3) is 2.78. The monoisotopic (exact) mass is 339 g/mol. The summed E-state index contributed by atoms with van der Waals surface area (Å²) in [6.45, 7) is 3.96. The Bertz CT molecular complexity index is 822. The lowest BCUT2D eigenvalue weighted by Gasteiger charge is -2.36. The summed E-state index contributed by atoms with van der Waals surface area (Å²) in [6, 6.07) is 12.4. The van der Waals surface area contributed by atoms with Crippen LogP contribution in [-0.4, -0.2) is 37.1 Å². The van der Waals surface area contributed by atoms with Crippen molar-refractivity contribution in [3.63, 3.8) is 0 Å². The standard InChI is InChI=1S/C20H22FN3O/c1-13-7-8-18-14(11-13)15-12-23(2)10-9-19(15)24(18)20(25)22-17-6-4-3-5-16(17)21/h3-8,11,15,19H,9-10,12H2,1-2H3,(H,22,25)/t15-,19-/m0/s1. The maximum absolute atomic E-state index is 13.9. The molecule has 4 nitrogen and oxygen atoms in total. The van der Waals surface area contributed by atoms with Crippen LogP contribution in [0.2, 0.25) is 0 Å². The van der Waals surface area contributed by atoms with Crippen molar-refractivity contribution in [2.75, 3.05) is 30.4 Å². The van der Waals surface area contributed by atoms with Crippen LogP contribution in [0, 0.1) is 12.7 Å². The van der Waals surface area contributed by atoms with Gasteiger partial charge in [-0.15, -0.1) is 0 Å². The SMILES string of the molecule is Cc1ccc2c(c1)[C@@H]1CN(C)CC[C@@H]1N2C(=O)Nc1ccccc1F. The summed E-state index contributed by atoms with van der Waals surface area (Å²) < 4.78 is 13.9. The molecular weight excluding hydrogens is 317 g/mol. The number of fused-ring (bicyclic) bond motifs is 3. The number of hydrogen-bond donors (Lipinski definition) is 1. The first kappa shape index (κ1) is 16.1. The van der Waals surface area contributed by atoms with Crippen molar-refractivity contribution in [3.8, 4) is 0 Å². The summed E-state index contributed by atoms with van der Waals surface area (Å²) in [6.07, 6.45) is 0.916. The molecule has 2 atom stereocenters. The zero-order chi connectivity index (χ0) is 17.6. The van der Waals surface area contributed by atoms with Gasteiger partial charge in [0.25, 0.3) is 0 Å². The second-order valence-electron chi connectivity index (χ2n) is 7.07. The number of carbonyl (C=O) groups is 1. The van der Waals surface area contributed by atoms with Crippen molar-refractivity contribution >= 4 is 17.4 Å². The van der Waals surface area contributed by atoms with Crippen molar-refractivity contribution in [3.05, 3.63) is 59.4 Å². The number of nitrogens with zero attached hydrogens (tertiary/aromatic N) is 2. The van der Waals surface area contributed by atoms with Gasteiger partial charge in [0.05, 0.1) is 5.69 Å². The van der Waals surface area contributed by atoms with E-state index in [0.29, 0.717) is 5.92 Å². The molecule has 4 rings (SSSR count). The number of piperidine rings is 1. The van der Waals surface area contributed by atoms with Gasteiger partial charge in [0.15, 0.2) is 0 Å². The maximum atomic E-state index is 13.9. The van der Waals surface area contributed by atoms with Crippen LogP contribution in [0.3, 0.4) is 0 Å². The number of anilines is 2. The molecular formula is C20H22FN3O. The van der Waals surface area contributed by atoms with Gasteiger partial charge in [0, 0.05) is 24.2 Å². The van der Waals surface area contributed by atoms with Crippen LogP contribution in [-0.2, 0) is 0 Å². The third-order valence-corrected chi connectivity index (χ3v) is 5.29. The van der Waals surface area contributed by atoms with Crippen molar-refractivity contribution < 1.29 is 9.18 Å². The molecule has 0 aromatic heterocycles. The molecule has 1 fully saturated rings. The second kappa shape index (κ2) is 6.15. The molecule has 0 spiro atoms. The van der Waals surface area contributed by atoms with Crippen LogP contribution >= 0.6 is 0 Å². The summed E-state index contributed by atoms with van der Waals surface area (Å²) in [7, 11) is 2.12. The van der Waals surface area contributed by atoms with E-state index in [9.17, 15) is 9.18 Å². The molecule has 2 aliphatic rings. The number of urea groups is 1. The first-order valence-corrected chi connectivity index (χ1v) is 8.68. The molecule has 2 aromatic rings. The molecule has 1 saturated heterocycles. The fraction of sp³-hybridized carbons (Fsp3) is 0.350. The Hall–Kier alpha value is -2.40. The van der Waals surface area contributed by atoms with Crippen LogP contribution in [0.25, 0.3) is 0 Å². The number of halogens is 1. The van der Waals surface area contributed by atoms with Gasteiger partial charge in [-0.1, -0.05) is 29.8 Å². The number of aryl methyl sites for hydroxylation is 1. The first-order chi connectivity index (χ1) is 12.0. The van der Waals surface area contributed by atoms with Gasteiger partial charge in [-0.2, -0.15) is 0 Å². The van der Waals surface area contributed by atoms with Gasteiger partial charge in [-0.3, -0.25) is 4.90 Å². The van der Waals surface area contributed by atoms with Crippen molar-refractivity contribution in [2.45, 2.75) is 25.3 Å². The molecule has 2 aliphatic heterocycles. The summed E-state index contributed by atoms with van der Waals surface area (Å²) >= 11 is 0. The van der Waals surface area contributed by atoms with Crippen molar-refractivity contribution in [2.24, 2.45) is 0 Å². The Labute approximate surface area is 147 Å². The Kier molecular flexibility index (Phi) is 3.96. The van der Waals surface area contributed by atoms with E-state index in [1.54, 1.807) is 18.2 Å². The molecule has 1 N–H and O–H groups in total. The lowest BCUT2D eigenvalue weighted by atomic mass is 9.89. The molecule has 0 aliphatic carbocycles. The number of carbonyl (C=O) groups excluding carboxylic acids is 1. The fourth-order valence-electron chi connectivity index (χ4n) is 4.08. The third-order valence-electron chi connectivity index (χ3n) is 5.29. The van der Waals surface area contributed by atoms with Crippen molar-refractivity contribution in [1.29, 1.82) is 0 Å². The minimum Gasteiger partial charge on any atom is -0.306 e. The van der Waals surface area contributed by atoms with E-state index in [1.165, 1.54) is 17.2 Å². The fourth-order valence-corrected chi connectivity index (χ4v) is 4.08. The highest BCUT2D eigenvalue weighted by Gasteiger charge is 2.44. The Balaban J connectivity index is 1.69. The molecule has 130 valence electrons. The molecule has 2 aromatic carbocycles. The summed E-state index contributed by atoms with van der Waals surface area (Å²) in [5.74, 6) is -0.112.